The minimum atomic E-state index is -0.505. The van der Waals surface area contributed by atoms with E-state index in [1.807, 2.05) is 11.8 Å². The van der Waals surface area contributed by atoms with E-state index in [1.165, 1.54) is 12.1 Å². The Hall–Kier alpha value is -0.880. The summed E-state index contributed by atoms with van der Waals surface area (Å²) in [6.07, 6.45) is 0. The van der Waals surface area contributed by atoms with Crippen molar-refractivity contribution < 1.29 is 9.18 Å². The topological polar surface area (TPSA) is 44.4 Å². The highest BCUT2D eigenvalue weighted by molar-refractivity contribution is 6.35. The van der Waals surface area contributed by atoms with E-state index in [4.69, 9.17) is 23.2 Å². The maximum atomic E-state index is 13.7. The Morgan fingerprint density at radius 2 is 2.19 bits per heavy atom. The van der Waals surface area contributed by atoms with Crippen molar-refractivity contribution in [3.05, 3.63) is 33.6 Å². The van der Waals surface area contributed by atoms with E-state index in [2.05, 4.69) is 10.6 Å². The van der Waals surface area contributed by atoms with Gasteiger partial charge < -0.3 is 10.6 Å². The highest BCUT2D eigenvalue weighted by Gasteiger charge is 2.32. The SMILES string of the molecule is CNC(=O)C1CNCCN1C(C)c1cc(F)c(Cl)cc1Cl. The number of hydrogen-bond donors (Lipinski definition) is 2. The lowest BCUT2D eigenvalue weighted by molar-refractivity contribution is -0.127. The molecule has 0 saturated carbocycles. The lowest BCUT2D eigenvalue weighted by Gasteiger charge is -2.39. The summed E-state index contributed by atoms with van der Waals surface area (Å²) in [5, 5.41) is 6.25. The fraction of sp³-hybridized carbons (Fsp3) is 0.500. The molecule has 4 nitrogen and oxygen atoms in total. The van der Waals surface area contributed by atoms with Crippen LogP contribution in [0.3, 0.4) is 0 Å². The van der Waals surface area contributed by atoms with Crippen molar-refractivity contribution in [2.24, 2.45) is 0 Å². The second-order valence-electron chi connectivity index (χ2n) is 5.04. The number of hydrogen-bond acceptors (Lipinski definition) is 3. The smallest absolute Gasteiger partial charge is 0.238 e. The fourth-order valence-corrected chi connectivity index (χ4v) is 3.17. The third kappa shape index (κ3) is 3.48. The molecule has 1 aliphatic heterocycles. The highest BCUT2D eigenvalue weighted by Crippen LogP contribution is 2.32. The van der Waals surface area contributed by atoms with Gasteiger partial charge in [0, 0.05) is 37.7 Å². The van der Waals surface area contributed by atoms with Crippen LogP contribution in [0.15, 0.2) is 12.1 Å². The van der Waals surface area contributed by atoms with Gasteiger partial charge in [-0.3, -0.25) is 9.69 Å². The van der Waals surface area contributed by atoms with Crippen LogP contribution in [-0.4, -0.2) is 43.5 Å². The standard InChI is InChI=1S/C14H18Cl2FN3O/c1-8(9-5-12(17)11(16)6-10(9)15)20-4-3-19-7-13(20)14(21)18-2/h5-6,8,13,19H,3-4,7H2,1-2H3,(H,18,21). The third-order valence-electron chi connectivity index (χ3n) is 3.82. The van der Waals surface area contributed by atoms with E-state index < -0.39 is 5.82 Å². The van der Waals surface area contributed by atoms with Gasteiger partial charge in [0.1, 0.15) is 11.9 Å². The predicted molar refractivity (Wildman–Crippen MR) is 82.3 cm³/mol. The van der Waals surface area contributed by atoms with Crippen molar-refractivity contribution in [2.45, 2.75) is 19.0 Å². The second-order valence-corrected chi connectivity index (χ2v) is 5.85. The molecular formula is C14H18Cl2FN3O. The van der Waals surface area contributed by atoms with Crippen LogP contribution < -0.4 is 10.6 Å². The first-order chi connectivity index (χ1) is 9.95. The van der Waals surface area contributed by atoms with Gasteiger partial charge in [0.25, 0.3) is 0 Å². The van der Waals surface area contributed by atoms with Crippen LogP contribution in [0.1, 0.15) is 18.5 Å². The predicted octanol–water partition coefficient (Wildman–Crippen LogP) is 2.21. The Labute approximate surface area is 133 Å². The molecule has 0 aromatic heterocycles. The van der Waals surface area contributed by atoms with Gasteiger partial charge in [0.05, 0.1) is 5.02 Å². The summed E-state index contributed by atoms with van der Waals surface area (Å²) in [6.45, 7) is 3.92. The number of halogens is 3. The van der Waals surface area contributed by atoms with E-state index in [0.29, 0.717) is 23.7 Å². The average Bonchev–Trinajstić information content (AvgIpc) is 2.49. The number of carbonyl (C=O) groups is 1. The molecule has 0 bridgehead atoms. The number of nitrogens with zero attached hydrogens (tertiary/aromatic N) is 1. The molecule has 7 heteroatoms. The lowest BCUT2D eigenvalue weighted by atomic mass is 10.0. The zero-order valence-corrected chi connectivity index (χ0v) is 13.4. The van der Waals surface area contributed by atoms with Crippen LogP contribution in [0.5, 0.6) is 0 Å². The van der Waals surface area contributed by atoms with E-state index in [-0.39, 0.29) is 23.0 Å². The van der Waals surface area contributed by atoms with Gasteiger partial charge in [-0.1, -0.05) is 23.2 Å². The Morgan fingerprint density at radius 1 is 1.48 bits per heavy atom. The van der Waals surface area contributed by atoms with Gasteiger partial charge in [0.2, 0.25) is 5.91 Å². The molecule has 1 fully saturated rings. The van der Waals surface area contributed by atoms with Gasteiger partial charge in [-0.25, -0.2) is 4.39 Å². The average molecular weight is 334 g/mol. The van der Waals surface area contributed by atoms with E-state index in [9.17, 15) is 9.18 Å². The fourth-order valence-electron chi connectivity index (χ4n) is 2.63. The molecular weight excluding hydrogens is 316 g/mol. The Bertz CT molecular complexity index is 541. The highest BCUT2D eigenvalue weighted by atomic mass is 35.5. The van der Waals surface area contributed by atoms with Crippen LogP contribution >= 0.6 is 23.2 Å². The maximum absolute atomic E-state index is 13.7. The zero-order chi connectivity index (χ0) is 15.6. The first-order valence-corrected chi connectivity index (χ1v) is 7.53. The summed E-state index contributed by atoms with van der Waals surface area (Å²) in [5.74, 6) is -0.575. The van der Waals surface area contributed by atoms with Crippen molar-refractivity contribution in [2.75, 3.05) is 26.7 Å². The van der Waals surface area contributed by atoms with Crippen LogP contribution in [0.25, 0.3) is 0 Å². The van der Waals surface area contributed by atoms with Crippen molar-refractivity contribution >= 4 is 29.1 Å². The van der Waals surface area contributed by atoms with Crippen LogP contribution in [-0.2, 0) is 4.79 Å². The van der Waals surface area contributed by atoms with Crippen LogP contribution in [0, 0.1) is 5.82 Å². The van der Waals surface area contributed by atoms with Gasteiger partial charge in [-0.2, -0.15) is 0 Å². The molecule has 2 rings (SSSR count). The van der Waals surface area contributed by atoms with Crippen LogP contribution in [0.4, 0.5) is 4.39 Å². The van der Waals surface area contributed by atoms with E-state index in [1.54, 1.807) is 7.05 Å². The normalized spacial score (nSPS) is 21.1. The van der Waals surface area contributed by atoms with E-state index >= 15 is 0 Å². The molecule has 0 spiro atoms. The van der Waals surface area contributed by atoms with Crippen LogP contribution in [0.2, 0.25) is 10.0 Å². The van der Waals surface area contributed by atoms with Crippen molar-refractivity contribution in [3.8, 4) is 0 Å². The first-order valence-electron chi connectivity index (χ1n) is 6.78. The first kappa shape index (κ1) is 16.5. The molecule has 1 saturated heterocycles. The molecule has 2 N–H and O–H groups in total. The second kappa shape index (κ2) is 6.92. The molecule has 1 aromatic carbocycles. The van der Waals surface area contributed by atoms with Crippen molar-refractivity contribution in [3.63, 3.8) is 0 Å². The molecule has 0 radical (unpaired) electrons. The minimum Gasteiger partial charge on any atom is -0.358 e. The number of amides is 1. The number of nitrogens with one attached hydrogen (secondary N) is 2. The van der Waals surface area contributed by atoms with Gasteiger partial charge in [0.15, 0.2) is 0 Å². The van der Waals surface area contributed by atoms with E-state index in [0.717, 1.165) is 6.54 Å². The summed E-state index contributed by atoms with van der Waals surface area (Å²) in [5.41, 5.74) is 0.634. The largest absolute Gasteiger partial charge is 0.358 e. The lowest BCUT2D eigenvalue weighted by Crippen LogP contribution is -2.57. The Kier molecular flexibility index (Phi) is 5.43. The molecule has 0 aliphatic carbocycles. The third-order valence-corrected chi connectivity index (χ3v) is 4.44. The zero-order valence-electron chi connectivity index (χ0n) is 11.9. The monoisotopic (exact) mass is 333 g/mol. The minimum absolute atomic E-state index is 0.000822. The van der Waals surface area contributed by atoms with Crippen molar-refractivity contribution in [1.29, 1.82) is 0 Å². The van der Waals surface area contributed by atoms with Gasteiger partial charge in [-0.15, -0.1) is 0 Å². The number of piperazine rings is 1. The number of carbonyl (C=O) groups excluding carboxylic acids is 1. The van der Waals surface area contributed by atoms with Crippen molar-refractivity contribution in [1.82, 2.24) is 15.5 Å². The summed E-state index contributed by atoms with van der Waals surface area (Å²) in [7, 11) is 1.61. The summed E-state index contributed by atoms with van der Waals surface area (Å²) < 4.78 is 13.7. The number of likely N-dealkylation sites (N-methyl/N-ethyl adjacent to an activating group) is 1. The quantitative estimate of drug-likeness (QED) is 0.833. The summed E-state index contributed by atoms with van der Waals surface area (Å²) >= 11 is 11.9. The molecule has 2 unspecified atom stereocenters. The molecule has 1 aliphatic rings. The van der Waals surface area contributed by atoms with Gasteiger partial charge >= 0.3 is 0 Å². The van der Waals surface area contributed by atoms with Gasteiger partial charge in [-0.05, 0) is 24.6 Å². The molecule has 2 atom stereocenters. The number of rotatable bonds is 3. The maximum Gasteiger partial charge on any atom is 0.238 e. The molecule has 116 valence electrons. The molecule has 21 heavy (non-hydrogen) atoms. The molecule has 1 heterocycles. The Balaban J connectivity index is 2.30. The summed E-state index contributed by atoms with van der Waals surface area (Å²) in [4.78, 5) is 14.0. The summed E-state index contributed by atoms with van der Waals surface area (Å²) in [6, 6.07) is 2.25. The Morgan fingerprint density at radius 3 is 2.86 bits per heavy atom. The molecule has 1 amide bonds. The molecule has 1 aromatic rings. The number of benzene rings is 1.